The number of fused-ring (bicyclic) bond motifs is 1. The number of hydrogen-bond donors (Lipinski definition) is 1. The fourth-order valence-corrected chi connectivity index (χ4v) is 3.56. The van der Waals surface area contributed by atoms with E-state index in [1.807, 2.05) is 25.4 Å². The van der Waals surface area contributed by atoms with E-state index in [2.05, 4.69) is 26.1 Å². The third-order valence-electron chi connectivity index (χ3n) is 4.83. The van der Waals surface area contributed by atoms with Crippen LogP contribution in [0.3, 0.4) is 0 Å². The predicted octanol–water partition coefficient (Wildman–Crippen LogP) is 2.90. The maximum absolute atomic E-state index is 10.6. The van der Waals surface area contributed by atoms with E-state index in [0.717, 1.165) is 32.4 Å². The van der Waals surface area contributed by atoms with Crippen molar-refractivity contribution in [3.63, 3.8) is 0 Å². The molecule has 0 unspecified atom stereocenters. The number of halogens is 3. The number of hydrogen-bond acceptors (Lipinski definition) is 7. The fourth-order valence-electron chi connectivity index (χ4n) is 3.56. The van der Waals surface area contributed by atoms with Crippen LogP contribution in [0.25, 0.3) is 0 Å². The summed E-state index contributed by atoms with van der Waals surface area (Å²) in [4.78, 5) is 19.9. The van der Waals surface area contributed by atoms with Crippen molar-refractivity contribution in [1.29, 1.82) is 0 Å². The molecular weight excluding hydrogens is 393 g/mol. The van der Waals surface area contributed by atoms with Gasteiger partial charge in [-0.15, -0.1) is 0 Å². The Morgan fingerprint density at radius 1 is 1.34 bits per heavy atom. The lowest BCUT2D eigenvalue weighted by molar-refractivity contribution is -0.192. The van der Waals surface area contributed by atoms with Crippen molar-refractivity contribution in [3.05, 3.63) is 41.8 Å². The van der Waals surface area contributed by atoms with E-state index in [9.17, 15) is 13.2 Å². The lowest BCUT2D eigenvalue weighted by atomic mass is 9.99. The Hall–Kier alpha value is -2.53. The molecule has 0 spiro atoms. The summed E-state index contributed by atoms with van der Waals surface area (Å²) >= 11 is 0. The minimum atomic E-state index is -5.08. The van der Waals surface area contributed by atoms with E-state index < -0.39 is 12.1 Å². The number of carbonyl (C=O) groups is 1. The van der Waals surface area contributed by atoms with Crippen molar-refractivity contribution in [1.82, 2.24) is 20.0 Å². The van der Waals surface area contributed by atoms with Gasteiger partial charge in [0.15, 0.2) is 5.82 Å². The molecule has 2 aromatic rings. The zero-order valence-corrected chi connectivity index (χ0v) is 15.7. The van der Waals surface area contributed by atoms with Crippen LogP contribution in [-0.2, 0) is 16.1 Å². The lowest BCUT2D eigenvalue weighted by Crippen LogP contribution is -2.40. The number of likely N-dealkylation sites (tertiary alicyclic amines) is 1. The molecule has 0 aliphatic carbocycles. The Morgan fingerprint density at radius 2 is 2.10 bits per heavy atom. The van der Waals surface area contributed by atoms with Gasteiger partial charge >= 0.3 is 12.1 Å². The van der Waals surface area contributed by atoms with Crippen molar-refractivity contribution in [3.8, 4) is 0 Å². The molecule has 158 valence electrons. The van der Waals surface area contributed by atoms with Crippen LogP contribution in [0.4, 0.5) is 13.2 Å². The molecule has 3 atom stereocenters. The largest absolute Gasteiger partial charge is 0.490 e. The third-order valence-corrected chi connectivity index (χ3v) is 4.83. The monoisotopic (exact) mass is 414 g/mol. The predicted molar refractivity (Wildman–Crippen MR) is 92.6 cm³/mol. The van der Waals surface area contributed by atoms with Gasteiger partial charge in [-0.1, -0.05) is 11.2 Å². The normalized spacial score (nSPS) is 24.5. The SMILES string of the molecule is Cc1noc([C@@H]2CC[C@@H]3[C@@H](CCN3Cc3cccnc3)O2)n1.O=C(O)C(F)(F)F. The molecule has 8 nitrogen and oxygen atoms in total. The molecule has 4 heterocycles. The number of aromatic nitrogens is 3. The third kappa shape index (κ3) is 5.51. The highest BCUT2D eigenvalue weighted by atomic mass is 19.4. The highest BCUT2D eigenvalue weighted by Crippen LogP contribution is 2.37. The van der Waals surface area contributed by atoms with Gasteiger partial charge in [0.05, 0.1) is 6.10 Å². The summed E-state index contributed by atoms with van der Waals surface area (Å²) in [6, 6.07) is 4.61. The number of aryl methyl sites for hydroxylation is 1. The molecule has 0 bridgehead atoms. The molecule has 11 heteroatoms. The van der Waals surface area contributed by atoms with Gasteiger partial charge < -0.3 is 14.4 Å². The first-order valence-corrected chi connectivity index (χ1v) is 9.12. The maximum Gasteiger partial charge on any atom is 0.490 e. The minimum Gasteiger partial charge on any atom is -0.475 e. The van der Waals surface area contributed by atoms with Gasteiger partial charge in [-0.3, -0.25) is 9.88 Å². The van der Waals surface area contributed by atoms with Crippen LogP contribution in [-0.4, -0.2) is 56.0 Å². The van der Waals surface area contributed by atoms with Crippen molar-refractivity contribution in [2.75, 3.05) is 6.54 Å². The molecule has 0 amide bonds. The zero-order chi connectivity index (χ0) is 21.0. The minimum absolute atomic E-state index is 0.0409. The lowest BCUT2D eigenvalue weighted by Gasteiger charge is -2.34. The standard InChI is InChI=1S/C16H20N4O2.C2HF3O2/c1-11-18-16(22-19-11)15-5-4-13-14(21-15)6-8-20(13)10-12-3-2-7-17-9-12;3-2(4,5)1(6)7/h2-3,7,9,13-15H,4-6,8,10H2,1H3;(H,6,7)/t13-,14-,15+;/m1./s1. The van der Waals surface area contributed by atoms with Gasteiger partial charge in [-0.2, -0.15) is 18.2 Å². The second-order valence-corrected chi connectivity index (χ2v) is 6.91. The molecule has 0 aromatic carbocycles. The second-order valence-electron chi connectivity index (χ2n) is 6.91. The average Bonchev–Trinajstić information content (AvgIpc) is 3.28. The second kappa shape index (κ2) is 8.87. The zero-order valence-electron chi connectivity index (χ0n) is 15.7. The molecule has 2 aromatic heterocycles. The van der Waals surface area contributed by atoms with E-state index in [0.29, 0.717) is 17.8 Å². The van der Waals surface area contributed by atoms with Gasteiger partial charge in [0.2, 0.25) is 0 Å². The Morgan fingerprint density at radius 3 is 2.69 bits per heavy atom. The van der Waals surface area contributed by atoms with Gasteiger partial charge in [0.25, 0.3) is 5.89 Å². The molecule has 0 radical (unpaired) electrons. The van der Waals surface area contributed by atoms with Gasteiger partial charge in [-0.25, -0.2) is 4.79 Å². The summed E-state index contributed by atoms with van der Waals surface area (Å²) in [5.41, 5.74) is 1.26. The van der Waals surface area contributed by atoms with Crippen LogP contribution in [0, 0.1) is 6.92 Å². The van der Waals surface area contributed by atoms with E-state index in [1.165, 1.54) is 5.56 Å². The number of aliphatic carboxylic acids is 1. The van der Waals surface area contributed by atoms with Crippen LogP contribution in [0.1, 0.15) is 42.6 Å². The molecular formula is C18H21F3N4O4. The van der Waals surface area contributed by atoms with Gasteiger partial charge in [0, 0.05) is 31.5 Å². The first-order chi connectivity index (χ1) is 13.7. The number of carboxylic acid groups (broad SMARTS) is 1. The van der Waals surface area contributed by atoms with E-state index >= 15 is 0 Å². The Kier molecular flexibility index (Phi) is 6.48. The van der Waals surface area contributed by atoms with Crippen molar-refractivity contribution in [2.24, 2.45) is 0 Å². The average molecular weight is 414 g/mol. The Balaban J connectivity index is 0.000000298. The molecule has 1 N–H and O–H groups in total. The fraction of sp³-hybridized carbons (Fsp3) is 0.556. The van der Waals surface area contributed by atoms with Crippen molar-refractivity contribution < 1.29 is 32.3 Å². The molecule has 2 fully saturated rings. The van der Waals surface area contributed by atoms with Crippen LogP contribution >= 0.6 is 0 Å². The summed E-state index contributed by atoms with van der Waals surface area (Å²) in [5, 5.41) is 11.0. The first-order valence-electron chi connectivity index (χ1n) is 9.12. The summed E-state index contributed by atoms with van der Waals surface area (Å²) < 4.78 is 43.2. The van der Waals surface area contributed by atoms with E-state index in [1.54, 1.807) is 0 Å². The Labute approximate surface area is 164 Å². The summed E-state index contributed by atoms with van der Waals surface area (Å²) in [5.74, 6) is -1.46. The number of ether oxygens (including phenoxy) is 1. The van der Waals surface area contributed by atoms with Crippen LogP contribution in [0.5, 0.6) is 0 Å². The Bertz CT molecular complexity index is 815. The van der Waals surface area contributed by atoms with Gasteiger partial charge in [-0.05, 0) is 37.8 Å². The topological polar surface area (TPSA) is 102 Å². The highest BCUT2D eigenvalue weighted by molar-refractivity contribution is 5.73. The van der Waals surface area contributed by atoms with E-state index in [-0.39, 0.29) is 12.2 Å². The molecule has 0 saturated carbocycles. The number of pyridine rings is 1. The molecule has 2 aliphatic heterocycles. The number of alkyl halides is 3. The number of nitrogens with zero attached hydrogens (tertiary/aromatic N) is 4. The molecule has 2 aliphatic rings. The number of carboxylic acids is 1. The van der Waals surface area contributed by atoms with Crippen LogP contribution < -0.4 is 0 Å². The van der Waals surface area contributed by atoms with Crippen molar-refractivity contribution in [2.45, 2.75) is 57.2 Å². The molecule has 2 saturated heterocycles. The highest BCUT2D eigenvalue weighted by Gasteiger charge is 2.41. The first kappa shape index (κ1) is 21.2. The molecule has 29 heavy (non-hydrogen) atoms. The number of rotatable bonds is 3. The van der Waals surface area contributed by atoms with E-state index in [4.69, 9.17) is 19.2 Å². The maximum atomic E-state index is 10.6. The van der Waals surface area contributed by atoms with Crippen molar-refractivity contribution >= 4 is 5.97 Å². The smallest absolute Gasteiger partial charge is 0.475 e. The van der Waals surface area contributed by atoms with Crippen LogP contribution in [0.15, 0.2) is 29.0 Å². The molecule has 4 rings (SSSR count). The quantitative estimate of drug-likeness (QED) is 0.818. The summed E-state index contributed by atoms with van der Waals surface area (Å²) in [7, 11) is 0. The summed E-state index contributed by atoms with van der Waals surface area (Å²) in [6.45, 7) is 3.85. The summed E-state index contributed by atoms with van der Waals surface area (Å²) in [6.07, 6.45) is 2.01. The van der Waals surface area contributed by atoms with Gasteiger partial charge in [0.1, 0.15) is 6.10 Å². The van der Waals surface area contributed by atoms with Crippen LogP contribution in [0.2, 0.25) is 0 Å².